The molecule has 3 heterocycles. The van der Waals surface area contributed by atoms with Crippen molar-refractivity contribution >= 4 is 5.69 Å². The first-order valence-electron chi connectivity index (χ1n) is 8.39. The third-order valence-corrected chi connectivity index (χ3v) is 5.22. The molecule has 0 radical (unpaired) electrons. The summed E-state index contributed by atoms with van der Waals surface area (Å²) in [5, 5.41) is 21.0. The Bertz CT molecular complexity index is 892. The molecule has 2 bridgehead atoms. The van der Waals surface area contributed by atoms with E-state index in [9.17, 15) is 20.0 Å². The summed E-state index contributed by atoms with van der Waals surface area (Å²) in [6, 6.07) is 9.55. The zero-order valence-electron chi connectivity index (χ0n) is 13.7. The second kappa shape index (κ2) is 6.00. The predicted octanol–water partition coefficient (Wildman–Crippen LogP) is 2.08. The monoisotopic (exact) mass is 341 g/mol. The Kier molecular flexibility index (Phi) is 3.80. The third kappa shape index (κ3) is 2.91. The molecule has 7 nitrogen and oxygen atoms in total. The molecule has 0 saturated carbocycles. The van der Waals surface area contributed by atoms with Crippen LogP contribution in [0.4, 0.5) is 5.69 Å². The fraction of sp³-hybridized carbons (Fsp3) is 0.389. The topological polar surface area (TPSA) is 88.6 Å². The lowest BCUT2D eigenvalue weighted by Crippen LogP contribution is -2.46. The number of phenolic OH excluding ortho intramolecular Hbond substituents is 1. The van der Waals surface area contributed by atoms with Crippen LogP contribution in [0.3, 0.4) is 0 Å². The van der Waals surface area contributed by atoms with Crippen LogP contribution >= 0.6 is 0 Å². The molecule has 0 spiro atoms. The number of fused-ring (bicyclic) bond motifs is 4. The van der Waals surface area contributed by atoms with E-state index >= 15 is 0 Å². The van der Waals surface area contributed by atoms with Crippen molar-refractivity contribution in [2.45, 2.75) is 25.4 Å². The maximum absolute atomic E-state index is 12.1. The zero-order chi connectivity index (χ0) is 17.6. The van der Waals surface area contributed by atoms with E-state index in [0.29, 0.717) is 24.6 Å². The van der Waals surface area contributed by atoms with Gasteiger partial charge in [-0.3, -0.25) is 19.8 Å². The smallest absolute Gasteiger partial charge is 0.270 e. The van der Waals surface area contributed by atoms with Crippen LogP contribution in [0, 0.1) is 16.0 Å². The van der Waals surface area contributed by atoms with Gasteiger partial charge < -0.3 is 9.67 Å². The second-order valence-electron chi connectivity index (χ2n) is 6.96. The van der Waals surface area contributed by atoms with Gasteiger partial charge in [-0.1, -0.05) is 6.07 Å². The van der Waals surface area contributed by atoms with Crippen molar-refractivity contribution in [3.63, 3.8) is 0 Å². The van der Waals surface area contributed by atoms with E-state index in [-0.39, 0.29) is 22.9 Å². The lowest BCUT2D eigenvalue weighted by atomic mass is 9.83. The molecular formula is C18H19N3O4. The van der Waals surface area contributed by atoms with Gasteiger partial charge in [0.25, 0.3) is 11.2 Å². The van der Waals surface area contributed by atoms with Crippen molar-refractivity contribution < 1.29 is 10.0 Å². The quantitative estimate of drug-likeness (QED) is 0.682. The van der Waals surface area contributed by atoms with Crippen LogP contribution in [0.25, 0.3) is 0 Å². The Labute approximate surface area is 144 Å². The molecule has 2 aromatic rings. The number of likely N-dealkylation sites (tertiary alicyclic amines) is 1. The van der Waals surface area contributed by atoms with Gasteiger partial charge in [0.05, 0.1) is 4.92 Å². The van der Waals surface area contributed by atoms with Crippen molar-refractivity contribution in [3.05, 3.63) is 68.1 Å². The fourth-order valence-corrected chi connectivity index (χ4v) is 4.18. The molecule has 1 N–H and O–H groups in total. The molecule has 4 rings (SSSR count). The Morgan fingerprint density at radius 1 is 1.20 bits per heavy atom. The van der Waals surface area contributed by atoms with Crippen molar-refractivity contribution in [1.29, 1.82) is 0 Å². The number of nitro benzene ring substituents is 1. The van der Waals surface area contributed by atoms with Gasteiger partial charge in [-0.05, 0) is 24.5 Å². The van der Waals surface area contributed by atoms with Crippen molar-refractivity contribution in [1.82, 2.24) is 9.47 Å². The first-order chi connectivity index (χ1) is 12.0. The number of benzene rings is 1. The number of phenols is 1. The van der Waals surface area contributed by atoms with E-state index in [1.165, 1.54) is 18.2 Å². The first-order valence-corrected chi connectivity index (χ1v) is 8.39. The van der Waals surface area contributed by atoms with Gasteiger partial charge in [0.1, 0.15) is 5.75 Å². The van der Waals surface area contributed by atoms with Gasteiger partial charge in [-0.2, -0.15) is 0 Å². The highest BCUT2D eigenvalue weighted by Crippen LogP contribution is 2.36. The number of nitrogens with zero attached hydrogens (tertiary/aromatic N) is 3. The minimum atomic E-state index is -0.448. The molecule has 1 aromatic heterocycles. The summed E-state index contributed by atoms with van der Waals surface area (Å²) in [4.78, 5) is 24.8. The van der Waals surface area contributed by atoms with E-state index in [1.54, 1.807) is 12.1 Å². The van der Waals surface area contributed by atoms with Crippen LogP contribution in [0.5, 0.6) is 5.75 Å². The van der Waals surface area contributed by atoms with Crippen LogP contribution in [-0.4, -0.2) is 32.6 Å². The van der Waals surface area contributed by atoms with Crippen LogP contribution in [0.1, 0.15) is 23.6 Å². The Balaban J connectivity index is 1.58. The highest BCUT2D eigenvalue weighted by atomic mass is 16.6. The summed E-state index contributed by atoms with van der Waals surface area (Å²) in [5.41, 5.74) is 1.68. The normalized spacial score (nSPS) is 22.4. The van der Waals surface area contributed by atoms with Crippen LogP contribution in [0.2, 0.25) is 0 Å². The minimum Gasteiger partial charge on any atom is -0.508 e. The molecule has 0 amide bonds. The molecule has 2 atom stereocenters. The minimum absolute atomic E-state index is 0.0121. The summed E-state index contributed by atoms with van der Waals surface area (Å²) in [6.07, 6.45) is 1.06. The third-order valence-electron chi connectivity index (χ3n) is 5.22. The van der Waals surface area contributed by atoms with E-state index in [2.05, 4.69) is 4.90 Å². The number of rotatable bonds is 3. The van der Waals surface area contributed by atoms with Crippen molar-refractivity contribution in [2.24, 2.45) is 5.92 Å². The first kappa shape index (κ1) is 15.8. The number of nitro groups is 1. The van der Waals surface area contributed by atoms with Crippen LogP contribution in [-0.2, 0) is 13.1 Å². The molecule has 7 heteroatoms. The fourth-order valence-electron chi connectivity index (χ4n) is 4.18. The standard InChI is InChI=1S/C18H19N3O4/c22-17-5-4-15(21(24)25)7-14(17)11-19-8-12-6-13(10-19)16-2-1-3-18(23)20(16)9-12/h1-5,7,12-13,22H,6,8-11H2/t12-,13+/m1/s1. The molecular weight excluding hydrogens is 322 g/mol. The van der Waals surface area contributed by atoms with Crippen molar-refractivity contribution in [2.75, 3.05) is 13.1 Å². The average Bonchev–Trinajstić information content (AvgIpc) is 2.57. The lowest BCUT2D eigenvalue weighted by Gasteiger charge is -2.42. The molecule has 1 fully saturated rings. The van der Waals surface area contributed by atoms with E-state index < -0.39 is 4.92 Å². The Morgan fingerprint density at radius 2 is 2.04 bits per heavy atom. The van der Waals surface area contributed by atoms with E-state index in [4.69, 9.17) is 0 Å². The average molecular weight is 341 g/mol. The Morgan fingerprint density at radius 3 is 2.84 bits per heavy atom. The molecule has 25 heavy (non-hydrogen) atoms. The van der Waals surface area contributed by atoms with Crippen molar-refractivity contribution in [3.8, 4) is 5.75 Å². The number of pyridine rings is 1. The predicted molar refractivity (Wildman–Crippen MR) is 91.6 cm³/mol. The summed E-state index contributed by atoms with van der Waals surface area (Å²) < 4.78 is 1.88. The summed E-state index contributed by atoms with van der Waals surface area (Å²) in [7, 11) is 0. The number of hydrogen-bond donors (Lipinski definition) is 1. The molecule has 130 valence electrons. The largest absolute Gasteiger partial charge is 0.508 e. The Hall–Kier alpha value is -2.67. The molecule has 0 aliphatic carbocycles. The van der Waals surface area contributed by atoms with Crippen LogP contribution < -0.4 is 5.56 Å². The molecule has 2 aliphatic heterocycles. The van der Waals surface area contributed by atoms with Gasteiger partial charge in [0.2, 0.25) is 0 Å². The van der Waals surface area contributed by atoms with Gasteiger partial charge in [0, 0.05) is 61.6 Å². The highest BCUT2D eigenvalue weighted by Gasteiger charge is 2.34. The summed E-state index contributed by atoms with van der Waals surface area (Å²) in [5.74, 6) is 0.743. The maximum atomic E-state index is 12.1. The highest BCUT2D eigenvalue weighted by molar-refractivity contribution is 5.43. The lowest BCUT2D eigenvalue weighted by molar-refractivity contribution is -0.385. The van der Waals surface area contributed by atoms with E-state index in [1.807, 2.05) is 10.6 Å². The number of non-ortho nitro benzene ring substituents is 1. The summed E-state index contributed by atoms with van der Waals surface area (Å²) >= 11 is 0. The number of piperidine rings is 1. The SMILES string of the molecule is O=c1cccc2n1C[C@@H]1C[C@H]2CN(Cc2cc([N+](=O)[O-])ccc2O)C1. The number of aromatic nitrogens is 1. The number of hydrogen-bond acceptors (Lipinski definition) is 5. The molecule has 1 aromatic carbocycles. The van der Waals surface area contributed by atoms with Crippen LogP contribution in [0.15, 0.2) is 41.2 Å². The van der Waals surface area contributed by atoms with Gasteiger partial charge in [0.15, 0.2) is 0 Å². The second-order valence-corrected chi connectivity index (χ2v) is 6.96. The summed E-state index contributed by atoms with van der Waals surface area (Å²) in [6.45, 7) is 2.78. The maximum Gasteiger partial charge on any atom is 0.270 e. The van der Waals surface area contributed by atoms with Gasteiger partial charge in [-0.15, -0.1) is 0 Å². The van der Waals surface area contributed by atoms with Gasteiger partial charge >= 0.3 is 0 Å². The van der Waals surface area contributed by atoms with E-state index in [0.717, 1.165) is 25.2 Å². The zero-order valence-corrected chi connectivity index (χ0v) is 13.7. The molecule has 0 unspecified atom stereocenters. The number of aromatic hydroxyl groups is 1. The molecule has 2 aliphatic rings. The molecule has 1 saturated heterocycles. The van der Waals surface area contributed by atoms with Gasteiger partial charge in [-0.25, -0.2) is 0 Å².